The van der Waals surface area contributed by atoms with Gasteiger partial charge in [0.2, 0.25) is 0 Å². The van der Waals surface area contributed by atoms with Crippen LogP contribution in [0.2, 0.25) is 5.02 Å². The van der Waals surface area contributed by atoms with Crippen molar-refractivity contribution in [3.05, 3.63) is 98.9 Å². The molecule has 4 rings (SSSR count). The van der Waals surface area contributed by atoms with E-state index in [2.05, 4.69) is 0 Å². The van der Waals surface area contributed by atoms with Gasteiger partial charge in [-0.15, -0.1) is 0 Å². The number of nitrogens with zero attached hydrogens (tertiary/aromatic N) is 1. The SMILES string of the molecule is COc1cc(/C=C2\SC(=O)N(Cc3cccc(C)c3)C2=O)cc(Cl)c1OCc1ccccc1. The summed E-state index contributed by atoms with van der Waals surface area (Å²) in [5.74, 6) is 0.544. The third kappa shape index (κ3) is 5.41. The molecular formula is C26H22ClNO4S. The van der Waals surface area contributed by atoms with Gasteiger partial charge < -0.3 is 9.47 Å². The van der Waals surface area contributed by atoms with Crippen molar-refractivity contribution in [3.8, 4) is 11.5 Å². The quantitative estimate of drug-likeness (QED) is 0.363. The summed E-state index contributed by atoms with van der Waals surface area (Å²) < 4.78 is 11.4. The molecule has 168 valence electrons. The fraction of sp³-hybridized carbons (Fsp3) is 0.154. The second-order valence-electron chi connectivity index (χ2n) is 7.57. The lowest BCUT2D eigenvalue weighted by atomic mass is 10.1. The number of hydrogen-bond donors (Lipinski definition) is 0. The largest absolute Gasteiger partial charge is 0.493 e. The Morgan fingerprint density at radius 3 is 2.48 bits per heavy atom. The van der Waals surface area contributed by atoms with E-state index in [0.717, 1.165) is 28.5 Å². The highest BCUT2D eigenvalue weighted by molar-refractivity contribution is 8.18. The van der Waals surface area contributed by atoms with Gasteiger partial charge in [0.25, 0.3) is 11.1 Å². The number of aryl methyl sites for hydroxylation is 1. The molecule has 0 bridgehead atoms. The summed E-state index contributed by atoms with van der Waals surface area (Å²) in [6.45, 7) is 2.55. The average molecular weight is 480 g/mol. The highest BCUT2D eigenvalue weighted by atomic mass is 35.5. The number of thioether (sulfide) groups is 1. The maximum Gasteiger partial charge on any atom is 0.293 e. The topological polar surface area (TPSA) is 55.8 Å². The van der Waals surface area contributed by atoms with Crippen LogP contribution >= 0.6 is 23.4 Å². The van der Waals surface area contributed by atoms with E-state index in [9.17, 15) is 9.59 Å². The van der Waals surface area contributed by atoms with Crippen LogP contribution in [0.25, 0.3) is 6.08 Å². The Balaban J connectivity index is 1.54. The van der Waals surface area contributed by atoms with Crippen LogP contribution in [0.15, 0.2) is 71.6 Å². The normalized spacial score (nSPS) is 14.8. The monoisotopic (exact) mass is 479 g/mol. The number of halogens is 1. The van der Waals surface area contributed by atoms with Gasteiger partial charge in [-0.3, -0.25) is 14.5 Å². The summed E-state index contributed by atoms with van der Waals surface area (Å²) in [5, 5.41) is 0.0594. The lowest BCUT2D eigenvalue weighted by molar-refractivity contribution is -0.123. The molecule has 3 aromatic rings. The highest BCUT2D eigenvalue weighted by Crippen LogP contribution is 2.39. The number of methoxy groups -OCH3 is 1. The predicted octanol–water partition coefficient (Wildman–Crippen LogP) is 6.47. The summed E-state index contributed by atoms with van der Waals surface area (Å²) in [6, 6.07) is 20.9. The Kier molecular flexibility index (Phi) is 7.06. The van der Waals surface area contributed by atoms with Crippen LogP contribution in [0.3, 0.4) is 0 Å². The highest BCUT2D eigenvalue weighted by Gasteiger charge is 2.35. The third-order valence-electron chi connectivity index (χ3n) is 5.07. The van der Waals surface area contributed by atoms with Gasteiger partial charge in [0, 0.05) is 0 Å². The summed E-state index contributed by atoms with van der Waals surface area (Å²) >= 11 is 7.39. The van der Waals surface area contributed by atoms with Gasteiger partial charge in [0.1, 0.15) is 6.61 Å². The molecule has 3 aromatic carbocycles. The third-order valence-corrected chi connectivity index (χ3v) is 6.26. The van der Waals surface area contributed by atoms with E-state index in [0.29, 0.717) is 33.6 Å². The number of ether oxygens (including phenoxy) is 2. The molecule has 1 heterocycles. The van der Waals surface area contributed by atoms with Gasteiger partial charge >= 0.3 is 0 Å². The fourth-order valence-corrected chi connectivity index (χ4v) is 4.59. The van der Waals surface area contributed by atoms with Crippen molar-refractivity contribution in [2.75, 3.05) is 7.11 Å². The first-order valence-electron chi connectivity index (χ1n) is 10.3. The van der Waals surface area contributed by atoms with Crippen LogP contribution in [0.4, 0.5) is 4.79 Å². The van der Waals surface area contributed by atoms with Crippen molar-refractivity contribution in [3.63, 3.8) is 0 Å². The summed E-state index contributed by atoms with van der Waals surface area (Å²) in [5.41, 5.74) is 3.63. The smallest absolute Gasteiger partial charge is 0.293 e. The number of amides is 2. The lowest BCUT2D eigenvalue weighted by Crippen LogP contribution is -2.27. The van der Waals surface area contributed by atoms with Gasteiger partial charge in [-0.05, 0) is 53.6 Å². The van der Waals surface area contributed by atoms with Crippen LogP contribution in [0.5, 0.6) is 11.5 Å². The number of carbonyl (C=O) groups is 2. The maximum absolute atomic E-state index is 12.9. The first-order chi connectivity index (χ1) is 15.9. The predicted molar refractivity (Wildman–Crippen MR) is 131 cm³/mol. The Hall–Kier alpha value is -3.22. The Morgan fingerprint density at radius 1 is 1.00 bits per heavy atom. The average Bonchev–Trinajstić information content (AvgIpc) is 3.06. The Labute approximate surface area is 202 Å². The van der Waals surface area contributed by atoms with E-state index in [1.807, 2.05) is 61.5 Å². The van der Waals surface area contributed by atoms with Crippen LogP contribution in [0, 0.1) is 6.92 Å². The molecule has 0 aromatic heterocycles. The first-order valence-corrected chi connectivity index (χ1v) is 11.5. The van der Waals surface area contributed by atoms with Crippen LogP contribution in [-0.4, -0.2) is 23.2 Å². The van der Waals surface area contributed by atoms with Crippen molar-refractivity contribution in [1.29, 1.82) is 0 Å². The minimum Gasteiger partial charge on any atom is -0.493 e. The summed E-state index contributed by atoms with van der Waals surface area (Å²) in [6.07, 6.45) is 1.65. The Morgan fingerprint density at radius 2 is 1.76 bits per heavy atom. The van der Waals surface area contributed by atoms with Crippen molar-refractivity contribution >= 4 is 40.6 Å². The number of hydrogen-bond acceptors (Lipinski definition) is 5. The first kappa shape index (κ1) is 23.0. The molecule has 0 unspecified atom stereocenters. The van der Waals surface area contributed by atoms with Crippen molar-refractivity contribution in [2.45, 2.75) is 20.1 Å². The minimum atomic E-state index is -0.328. The second-order valence-corrected chi connectivity index (χ2v) is 8.97. The van der Waals surface area contributed by atoms with Gasteiger partial charge in [0.05, 0.1) is 23.6 Å². The molecular weight excluding hydrogens is 458 g/mol. The molecule has 0 radical (unpaired) electrons. The zero-order chi connectivity index (χ0) is 23.4. The maximum atomic E-state index is 12.9. The molecule has 7 heteroatoms. The minimum absolute atomic E-state index is 0.236. The second kappa shape index (κ2) is 10.1. The summed E-state index contributed by atoms with van der Waals surface area (Å²) in [4.78, 5) is 27.0. The van der Waals surface area contributed by atoms with Crippen LogP contribution in [0.1, 0.15) is 22.3 Å². The van der Waals surface area contributed by atoms with Crippen LogP contribution in [-0.2, 0) is 17.9 Å². The molecule has 1 fully saturated rings. The van der Waals surface area contributed by atoms with E-state index in [-0.39, 0.29) is 17.7 Å². The van der Waals surface area contributed by atoms with E-state index >= 15 is 0 Å². The van der Waals surface area contributed by atoms with Crippen molar-refractivity contribution < 1.29 is 19.1 Å². The van der Waals surface area contributed by atoms with E-state index in [4.69, 9.17) is 21.1 Å². The molecule has 0 spiro atoms. The van der Waals surface area contributed by atoms with Crippen molar-refractivity contribution in [2.24, 2.45) is 0 Å². The summed E-state index contributed by atoms with van der Waals surface area (Å²) in [7, 11) is 1.53. The van der Waals surface area contributed by atoms with Crippen LogP contribution < -0.4 is 9.47 Å². The number of rotatable bonds is 7. The standard InChI is InChI=1S/C26H22ClNO4S/c1-17-7-6-10-19(11-17)15-28-25(29)23(33-26(28)30)14-20-12-21(27)24(22(13-20)31-2)32-16-18-8-4-3-5-9-18/h3-14H,15-16H2,1-2H3/b23-14-. The Bertz CT molecular complexity index is 1230. The molecule has 33 heavy (non-hydrogen) atoms. The van der Waals surface area contributed by atoms with Gasteiger partial charge in [-0.1, -0.05) is 71.8 Å². The molecule has 0 atom stereocenters. The number of imide groups is 1. The molecule has 0 saturated carbocycles. The van der Waals surface area contributed by atoms with Crippen molar-refractivity contribution in [1.82, 2.24) is 4.90 Å². The van der Waals surface area contributed by atoms with Gasteiger partial charge in [-0.25, -0.2) is 0 Å². The zero-order valence-corrected chi connectivity index (χ0v) is 19.8. The van der Waals surface area contributed by atoms with Gasteiger partial charge in [0.15, 0.2) is 11.5 Å². The molecule has 1 saturated heterocycles. The lowest BCUT2D eigenvalue weighted by Gasteiger charge is -2.14. The zero-order valence-electron chi connectivity index (χ0n) is 18.2. The van der Waals surface area contributed by atoms with E-state index in [1.54, 1.807) is 18.2 Å². The molecule has 0 aliphatic carbocycles. The molecule has 1 aliphatic rings. The number of benzene rings is 3. The molecule has 2 amide bonds. The fourth-order valence-electron chi connectivity index (χ4n) is 3.47. The van der Waals surface area contributed by atoms with E-state index < -0.39 is 0 Å². The number of carbonyl (C=O) groups excluding carboxylic acids is 2. The van der Waals surface area contributed by atoms with E-state index in [1.165, 1.54) is 12.0 Å². The molecule has 1 aliphatic heterocycles. The molecule has 0 N–H and O–H groups in total. The molecule has 5 nitrogen and oxygen atoms in total. The van der Waals surface area contributed by atoms with Gasteiger partial charge in [-0.2, -0.15) is 0 Å².